The summed E-state index contributed by atoms with van der Waals surface area (Å²) < 4.78 is 19.0. The molecule has 0 saturated heterocycles. The topological polar surface area (TPSA) is 64.3 Å². The van der Waals surface area contributed by atoms with Gasteiger partial charge in [0, 0.05) is 4.47 Å². The zero-order chi connectivity index (χ0) is 14.7. The average Bonchev–Trinajstić information content (AvgIpc) is 2.44. The Morgan fingerprint density at radius 1 is 1.25 bits per heavy atom. The maximum absolute atomic E-state index is 13.7. The van der Waals surface area contributed by atoms with E-state index in [1.807, 2.05) is 0 Å². The van der Waals surface area contributed by atoms with Crippen molar-refractivity contribution in [1.82, 2.24) is 0 Å². The number of carbonyl (C=O) groups excluding carboxylic acids is 1. The van der Waals surface area contributed by atoms with E-state index in [0.717, 1.165) is 4.47 Å². The number of rotatable bonds is 3. The number of anilines is 3. The van der Waals surface area contributed by atoms with Gasteiger partial charge in [0.25, 0.3) is 0 Å². The van der Waals surface area contributed by atoms with E-state index in [2.05, 4.69) is 26.0 Å². The van der Waals surface area contributed by atoms with Crippen LogP contribution in [0.15, 0.2) is 40.9 Å². The fourth-order valence-corrected chi connectivity index (χ4v) is 2.02. The molecule has 0 aliphatic heterocycles. The van der Waals surface area contributed by atoms with E-state index < -0.39 is 11.8 Å². The molecular formula is C14H12BrFN2O2. The number of ether oxygens (including phenoxy) is 1. The lowest BCUT2D eigenvalue weighted by Crippen LogP contribution is -2.04. The Kier molecular flexibility index (Phi) is 4.24. The largest absolute Gasteiger partial charge is 0.465 e. The molecule has 2 aromatic rings. The summed E-state index contributed by atoms with van der Waals surface area (Å²) in [5.74, 6) is -0.874. The van der Waals surface area contributed by atoms with Crippen LogP contribution in [-0.4, -0.2) is 13.1 Å². The van der Waals surface area contributed by atoms with E-state index in [4.69, 9.17) is 5.73 Å². The maximum Gasteiger partial charge on any atom is 0.337 e. The van der Waals surface area contributed by atoms with E-state index in [-0.39, 0.29) is 5.69 Å². The summed E-state index contributed by atoms with van der Waals surface area (Å²) in [5, 5.41) is 2.88. The number of nitrogens with one attached hydrogen (secondary N) is 1. The number of carbonyl (C=O) groups is 1. The van der Waals surface area contributed by atoms with Crippen LogP contribution in [-0.2, 0) is 4.74 Å². The van der Waals surface area contributed by atoms with Gasteiger partial charge in [0.2, 0.25) is 0 Å². The van der Waals surface area contributed by atoms with Gasteiger partial charge < -0.3 is 15.8 Å². The summed E-state index contributed by atoms with van der Waals surface area (Å²) in [7, 11) is 1.29. The highest BCUT2D eigenvalue weighted by Gasteiger charge is 2.10. The lowest BCUT2D eigenvalue weighted by molar-refractivity contribution is 0.0601. The van der Waals surface area contributed by atoms with Gasteiger partial charge in [-0.1, -0.05) is 15.9 Å². The number of hydrogen-bond acceptors (Lipinski definition) is 4. The van der Waals surface area contributed by atoms with Gasteiger partial charge in [0.05, 0.1) is 29.7 Å². The Hall–Kier alpha value is -2.08. The van der Waals surface area contributed by atoms with Crippen LogP contribution in [0, 0.1) is 5.82 Å². The molecule has 0 amide bonds. The van der Waals surface area contributed by atoms with Crippen LogP contribution < -0.4 is 11.1 Å². The number of hydrogen-bond donors (Lipinski definition) is 2. The van der Waals surface area contributed by atoms with Crippen molar-refractivity contribution in [3.8, 4) is 0 Å². The molecule has 0 atom stereocenters. The predicted molar refractivity (Wildman–Crippen MR) is 79.6 cm³/mol. The van der Waals surface area contributed by atoms with E-state index in [1.165, 1.54) is 19.2 Å². The van der Waals surface area contributed by atoms with Crippen molar-refractivity contribution in [2.75, 3.05) is 18.2 Å². The fraction of sp³-hybridized carbons (Fsp3) is 0.0714. The number of halogens is 2. The minimum atomic E-state index is -0.475. The summed E-state index contributed by atoms with van der Waals surface area (Å²) in [6.07, 6.45) is 0. The van der Waals surface area contributed by atoms with Gasteiger partial charge in [0.1, 0.15) is 5.82 Å². The summed E-state index contributed by atoms with van der Waals surface area (Å²) in [5.41, 5.74) is 7.31. The van der Waals surface area contributed by atoms with E-state index >= 15 is 0 Å². The first-order valence-electron chi connectivity index (χ1n) is 5.71. The van der Waals surface area contributed by atoms with Crippen LogP contribution in [0.1, 0.15) is 10.4 Å². The van der Waals surface area contributed by atoms with E-state index in [9.17, 15) is 9.18 Å². The first-order chi connectivity index (χ1) is 9.51. The summed E-state index contributed by atoms with van der Waals surface area (Å²) in [4.78, 5) is 11.4. The molecule has 0 radical (unpaired) electrons. The average molecular weight is 339 g/mol. The molecule has 0 unspecified atom stereocenters. The third-order valence-electron chi connectivity index (χ3n) is 2.67. The van der Waals surface area contributed by atoms with Gasteiger partial charge in [-0.2, -0.15) is 0 Å². The monoisotopic (exact) mass is 338 g/mol. The van der Waals surface area contributed by atoms with Crippen molar-refractivity contribution in [1.29, 1.82) is 0 Å². The van der Waals surface area contributed by atoms with Crippen LogP contribution in [0.4, 0.5) is 21.5 Å². The molecule has 0 heterocycles. The molecule has 4 nitrogen and oxygen atoms in total. The summed E-state index contributed by atoms with van der Waals surface area (Å²) >= 11 is 3.27. The number of methoxy groups -OCH3 is 1. The highest BCUT2D eigenvalue weighted by Crippen LogP contribution is 2.28. The first-order valence-corrected chi connectivity index (χ1v) is 6.50. The number of benzene rings is 2. The highest BCUT2D eigenvalue weighted by molar-refractivity contribution is 9.10. The van der Waals surface area contributed by atoms with Crippen molar-refractivity contribution >= 4 is 39.0 Å². The van der Waals surface area contributed by atoms with Gasteiger partial charge >= 0.3 is 5.97 Å². The molecule has 0 bridgehead atoms. The number of esters is 1. The van der Waals surface area contributed by atoms with Gasteiger partial charge in [-0.15, -0.1) is 0 Å². The van der Waals surface area contributed by atoms with Crippen molar-refractivity contribution in [3.05, 3.63) is 52.3 Å². The van der Waals surface area contributed by atoms with Crippen molar-refractivity contribution < 1.29 is 13.9 Å². The molecule has 6 heteroatoms. The van der Waals surface area contributed by atoms with Crippen LogP contribution >= 0.6 is 15.9 Å². The molecule has 2 aromatic carbocycles. The minimum absolute atomic E-state index is 0.289. The Morgan fingerprint density at radius 2 is 2.00 bits per heavy atom. The lowest BCUT2D eigenvalue weighted by Gasteiger charge is -2.11. The Labute approximate surface area is 123 Å². The number of nitrogen functional groups attached to an aromatic ring is 1. The molecule has 0 aliphatic carbocycles. The fourth-order valence-electron chi connectivity index (χ4n) is 1.66. The molecule has 104 valence electrons. The van der Waals surface area contributed by atoms with Crippen LogP contribution in [0.2, 0.25) is 0 Å². The second-order valence-electron chi connectivity index (χ2n) is 4.04. The molecule has 0 aromatic heterocycles. The van der Waals surface area contributed by atoms with Gasteiger partial charge in [-0.3, -0.25) is 0 Å². The Morgan fingerprint density at radius 3 is 2.65 bits per heavy atom. The zero-order valence-electron chi connectivity index (χ0n) is 10.6. The summed E-state index contributed by atoms with van der Waals surface area (Å²) in [6, 6.07) is 9.17. The van der Waals surface area contributed by atoms with Gasteiger partial charge in [0.15, 0.2) is 0 Å². The quantitative estimate of drug-likeness (QED) is 0.661. The second-order valence-corrected chi connectivity index (χ2v) is 4.96. The molecule has 3 N–H and O–H groups in total. The van der Waals surface area contributed by atoms with Gasteiger partial charge in [-0.25, -0.2) is 9.18 Å². The molecule has 20 heavy (non-hydrogen) atoms. The molecule has 0 aliphatic rings. The smallest absolute Gasteiger partial charge is 0.337 e. The van der Waals surface area contributed by atoms with Crippen molar-refractivity contribution in [2.24, 2.45) is 0 Å². The second kappa shape index (κ2) is 5.92. The number of nitrogens with two attached hydrogens (primary N) is 1. The molecule has 0 spiro atoms. The van der Waals surface area contributed by atoms with Crippen molar-refractivity contribution in [2.45, 2.75) is 0 Å². The predicted octanol–water partition coefficient (Wildman–Crippen LogP) is 3.70. The lowest BCUT2D eigenvalue weighted by atomic mass is 10.1. The first kappa shape index (κ1) is 14.3. The third-order valence-corrected chi connectivity index (χ3v) is 3.16. The van der Waals surface area contributed by atoms with Crippen molar-refractivity contribution in [3.63, 3.8) is 0 Å². The maximum atomic E-state index is 13.7. The molecule has 0 saturated carbocycles. The van der Waals surface area contributed by atoms with E-state index in [1.54, 1.807) is 24.3 Å². The molecule has 0 fully saturated rings. The standard InChI is InChI=1S/C14H12BrFN2O2/c1-20-14(19)8-2-5-12(11(17)6-8)18-13-7-9(15)3-4-10(13)16/h2-7,18H,17H2,1H3. The Bertz CT molecular complexity index is 662. The molecule has 2 rings (SSSR count). The Balaban J connectivity index is 2.30. The summed E-state index contributed by atoms with van der Waals surface area (Å²) in [6.45, 7) is 0. The van der Waals surface area contributed by atoms with Crippen LogP contribution in [0.3, 0.4) is 0 Å². The molecular weight excluding hydrogens is 327 g/mol. The third kappa shape index (κ3) is 3.08. The van der Waals surface area contributed by atoms with Crippen LogP contribution in [0.5, 0.6) is 0 Å². The zero-order valence-corrected chi connectivity index (χ0v) is 12.2. The minimum Gasteiger partial charge on any atom is -0.465 e. The van der Waals surface area contributed by atoms with Gasteiger partial charge in [-0.05, 0) is 36.4 Å². The SMILES string of the molecule is COC(=O)c1ccc(Nc2cc(Br)ccc2F)c(N)c1. The normalized spacial score (nSPS) is 10.2. The van der Waals surface area contributed by atoms with E-state index in [0.29, 0.717) is 16.9 Å². The van der Waals surface area contributed by atoms with Crippen LogP contribution in [0.25, 0.3) is 0 Å². The highest BCUT2D eigenvalue weighted by atomic mass is 79.9.